The molecular formula is C21H27N5O5S. The maximum Gasteiger partial charge on any atom is 0.289 e. The zero-order valence-electron chi connectivity index (χ0n) is 17.9. The summed E-state index contributed by atoms with van der Waals surface area (Å²) in [6, 6.07) is 5.49. The standard InChI is InChI=1S/C21H27N5O5S/c1-14(2)18(25-32(30,31)16-6-4-3-5-7-16)20(28)24-17-9-8-15-12-23-26(13-15)11-10-22-21(29)19(17)27/h3-7,12-14,17-18,25H,8-11H2,1-2H3,(H,22,29)(H,24,28)/t17-,18?/m1/s1. The number of aromatic nitrogens is 2. The fourth-order valence-corrected chi connectivity index (χ4v) is 4.72. The minimum absolute atomic E-state index is 0.0286. The van der Waals surface area contributed by atoms with Gasteiger partial charge in [0.05, 0.1) is 23.7 Å². The van der Waals surface area contributed by atoms with Crippen LogP contribution in [0.1, 0.15) is 25.8 Å². The normalized spacial score (nSPS) is 18.5. The molecule has 3 N–H and O–H groups in total. The molecule has 2 amide bonds. The van der Waals surface area contributed by atoms with E-state index in [4.69, 9.17) is 0 Å². The van der Waals surface area contributed by atoms with Crippen molar-refractivity contribution in [2.24, 2.45) is 5.92 Å². The number of benzene rings is 1. The van der Waals surface area contributed by atoms with E-state index in [0.29, 0.717) is 13.0 Å². The van der Waals surface area contributed by atoms with Crippen LogP contribution in [0.2, 0.25) is 0 Å². The van der Waals surface area contributed by atoms with Gasteiger partial charge in [0.1, 0.15) is 6.04 Å². The minimum atomic E-state index is -3.96. The predicted octanol–water partition coefficient (Wildman–Crippen LogP) is 0.00250. The van der Waals surface area contributed by atoms with Crippen molar-refractivity contribution in [3.05, 3.63) is 48.3 Å². The van der Waals surface area contributed by atoms with Gasteiger partial charge in [0.25, 0.3) is 5.91 Å². The lowest BCUT2D eigenvalue weighted by Gasteiger charge is -2.24. The number of rotatable bonds is 6. The highest BCUT2D eigenvalue weighted by atomic mass is 32.2. The first kappa shape index (κ1) is 23.6. The Hall–Kier alpha value is -3.05. The maximum atomic E-state index is 13.0. The molecule has 2 bridgehead atoms. The lowest BCUT2D eigenvalue weighted by Crippen LogP contribution is -2.55. The SMILES string of the molecule is CC(C)C(NS(=O)(=O)c1ccccc1)C(=O)N[C@@H]1CCc2cnn(c2)CCNC(=O)C1=O. The molecule has 0 saturated heterocycles. The van der Waals surface area contributed by atoms with Crippen molar-refractivity contribution in [2.45, 2.75) is 50.2 Å². The molecule has 2 aromatic rings. The maximum absolute atomic E-state index is 13.0. The second kappa shape index (κ2) is 10.0. The summed E-state index contributed by atoms with van der Waals surface area (Å²) in [4.78, 5) is 38.0. The van der Waals surface area contributed by atoms with Gasteiger partial charge in [0.15, 0.2) is 0 Å². The molecule has 0 saturated carbocycles. The Balaban J connectivity index is 1.77. The van der Waals surface area contributed by atoms with Crippen LogP contribution < -0.4 is 15.4 Å². The third-order valence-electron chi connectivity index (χ3n) is 5.18. The highest BCUT2D eigenvalue weighted by Crippen LogP contribution is 2.13. The molecule has 32 heavy (non-hydrogen) atoms. The van der Waals surface area contributed by atoms with Gasteiger partial charge in [-0.15, -0.1) is 0 Å². The van der Waals surface area contributed by atoms with Crippen molar-refractivity contribution in [2.75, 3.05) is 6.54 Å². The van der Waals surface area contributed by atoms with Gasteiger partial charge in [-0.05, 0) is 36.5 Å². The largest absolute Gasteiger partial charge is 0.348 e. The summed E-state index contributed by atoms with van der Waals surface area (Å²) in [5.41, 5.74) is 0.872. The van der Waals surface area contributed by atoms with Gasteiger partial charge in [-0.3, -0.25) is 19.1 Å². The first-order valence-electron chi connectivity index (χ1n) is 10.4. The highest BCUT2D eigenvalue weighted by molar-refractivity contribution is 7.89. The molecule has 10 nitrogen and oxygen atoms in total. The van der Waals surface area contributed by atoms with Gasteiger partial charge < -0.3 is 10.6 Å². The van der Waals surface area contributed by atoms with Crippen LogP contribution in [0.15, 0.2) is 47.6 Å². The van der Waals surface area contributed by atoms with E-state index in [1.807, 2.05) is 6.20 Å². The smallest absolute Gasteiger partial charge is 0.289 e. The first-order chi connectivity index (χ1) is 15.2. The molecular weight excluding hydrogens is 434 g/mol. The van der Waals surface area contributed by atoms with E-state index in [-0.39, 0.29) is 17.9 Å². The van der Waals surface area contributed by atoms with Gasteiger partial charge >= 0.3 is 0 Å². The number of carbonyl (C=O) groups excluding carboxylic acids is 3. The Kier molecular flexibility index (Phi) is 7.41. The second-order valence-corrected chi connectivity index (χ2v) is 9.70. The van der Waals surface area contributed by atoms with E-state index in [1.165, 1.54) is 12.1 Å². The van der Waals surface area contributed by atoms with E-state index in [9.17, 15) is 22.8 Å². The monoisotopic (exact) mass is 461 g/mol. The number of carbonyl (C=O) groups is 3. The topological polar surface area (TPSA) is 139 Å². The van der Waals surface area contributed by atoms with Gasteiger partial charge in [-0.1, -0.05) is 32.0 Å². The molecule has 172 valence electrons. The van der Waals surface area contributed by atoms with Crippen molar-refractivity contribution < 1.29 is 22.8 Å². The molecule has 1 aromatic heterocycles. The second-order valence-electron chi connectivity index (χ2n) is 7.99. The van der Waals surface area contributed by atoms with Crippen molar-refractivity contribution in [1.82, 2.24) is 25.1 Å². The van der Waals surface area contributed by atoms with Gasteiger partial charge in [0.2, 0.25) is 21.7 Å². The van der Waals surface area contributed by atoms with Crippen molar-refractivity contribution >= 4 is 27.6 Å². The fourth-order valence-electron chi connectivity index (χ4n) is 3.36. The zero-order chi connectivity index (χ0) is 23.3. The Labute approximate surface area is 186 Å². The molecule has 2 atom stereocenters. The number of sulfonamides is 1. The number of hydrogen-bond donors (Lipinski definition) is 3. The van der Waals surface area contributed by atoms with E-state index >= 15 is 0 Å². The molecule has 0 fully saturated rings. The van der Waals surface area contributed by atoms with Crippen LogP contribution in [0.3, 0.4) is 0 Å². The quantitative estimate of drug-likeness (QED) is 0.518. The van der Waals surface area contributed by atoms with Crippen LogP contribution in [0, 0.1) is 5.92 Å². The van der Waals surface area contributed by atoms with E-state index in [0.717, 1.165) is 5.56 Å². The summed E-state index contributed by atoms with van der Waals surface area (Å²) >= 11 is 0. The van der Waals surface area contributed by atoms with Crippen LogP contribution in [0.25, 0.3) is 0 Å². The van der Waals surface area contributed by atoms with Crippen molar-refractivity contribution in [1.29, 1.82) is 0 Å². The summed E-state index contributed by atoms with van der Waals surface area (Å²) in [6.45, 7) is 4.03. The summed E-state index contributed by atoms with van der Waals surface area (Å²) in [6.07, 6.45) is 4.11. The van der Waals surface area contributed by atoms with Crippen LogP contribution in [0.5, 0.6) is 0 Å². The molecule has 1 aromatic carbocycles. The number of aryl methyl sites for hydroxylation is 1. The number of hydrogen-bond acceptors (Lipinski definition) is 6. The Bertz CT molecular complexity index is 1080. The molecule has 2 heterocycles. The van der Waals surface area contributed by atoms with Crippen molar-refractivity contribution in [3.63, 3.8) is 0 Å². The molecule has 1 aliphatic rings. The molecule has 0 radical (unpaired) electrons. The lowest BCUT2D eigenvalue weighted by molar-refractivity contribution is -0.140. The van der Waals surface area contributed by atoms with Crippen molar-refractivity contribution in [3.8, 4) is 0 Å². The van der Waals surface area contributed by atoms with E-state index in [1.54, 1.807) is 42.9 Å². The minimum Gasteiger partial charge on any atom is -0.348 e. The Morgan fingerprint density at radius 3 is 2.62 bits per heavy atom. The first-order valence-corrected chi connectivity index (χ1v) is 11.9. The number of nitrogens with one attached hydrogen (secondary N) is 3. The molecule has 3 rings (SSSR count). The Morgan fingerprint density at radius 2 is 1.94 bits per heavy atom. The molecule has 0 aliphatic carbocycles. The molecule has 11 heteroatoms. The number of Topliss-reactive ketones (excluding diaryl/α,β-unsaturated/α-hetero) is 1. The number of fused-ring (bicyclic) bond motifs is 2. The summed E-state index contributed by atoms with van der Waals surface area (Å²) in [7, 11) is -3.96. The van der Waals surface area contributed by atoms with E-state index in [2.05, 4.69) is 20.5 Å². The number of ketones is 1. The number of nitrogens with zero attached hydrogens (tertiary/aromatic N) is 2. The molecule has 1 unspecified atom stereocenters. The zero-order valence-corrected chi connectivity index (χ0v) is 18.8. The van der Waals surface area contributed by atoms with Gasteiger partial charge in [0, 0.05) is 12.7 Å². The summed E-state index contributed by atoms with van der Waals surface area (Å²) in [5.74, 6) is -2.64. The third kappa shape index (κ3) is 5.80. The van der Waals surface area contributed by atoms with Crippen LogP contribution in [0.4, 0.5) is 0 Å². The molecule has 1 aliphatic heterocycles. The van der Waals surface area contributed by atoms with Gasteiger partial charge in [-0.25, -0.2) is 8.42 Å². The highest BCUT2D eigenvalue weighted by Gasteiger charge is 2.33. The van der Waals surface area contributed by atoms with Gasteiger partial charge in [-0.2, -0.15) is 9.82 Å². The third-order valence-corrected chi connectivity index (χ3v) is 6.63. The lowest BCUT2D eigenvalue weighted by atomic mass is 10.0. The number of amides is 2. The summed E-state index contributed by atoms with van der Waals surface area (Å²) < 4.78 is 29.5. The molecule has 0 spiro atoms. The van der Waals surface area contributed by atoms with Crippen LogP contribution in [-0.2, 0) is 37.4 Å². The average molecular weight is 462 g/mol. The predicted molar refractivity (Wildman–Crippen MR) is 116 cm³/mol. The van der Waals surface area contributed by atoms with Crippen LogP contribution in [-0.4, -0.2) is 54.4 Å². The Morgan fingerprint density at radius 1 is 1.22 bits per heavy atom. The summed E-state index contributed by atoms with van der Waals surface area (Å²) in [5, 5.41) is 9.32. The van der Waals surface area contributed by atoms with E-state index < -0.39 is 45.6 Å². The van der Waals surface area contributed by atoms with Crippen LogP contribution >= 0.6 is 0 Å². The fraction of sp³-hybridized carbons (Fsp3) is 0.429. The average Bonchev–Trinajstić information content (AvgIpc) is 3.21.